The van der Waals surface area contributed by atoms with Crippen LogP contribution >= 0.6 is 0 Å². The molecule has 1 heterocycles. The lowest BCUT2D eigenvalue weighted by molar-refractivity contribution is 0.0684. The third-order valence-corrected chi connectivity index (χ3v) is 6.48. The van der Waals surface area contributed by atoms with Gasteiger partial charge in [-0.3, -0.25) is 0 Å². The van der Waals surface area contributed by atoms with Crippen LogP contribution < -0.4 is 10.1 Å². The first-order chi connectivity index (χ1) is 15.6. The van der Waals surface area contributed by atoms with E-state index in [9.17, 15) is 9.90 Å². The van der Waals surface area contributed by atoms with Crippen LogP contribution in [-0.4, -0.2) is 29.3 Å². The van der Waals surface area contributed by atoms with Gasteiger partial charge in [-0.1, -0.05) is 35.9 Å². The maximum absolute atomic E-state index is 12.4. The van der Waals surface area contributed by atoms with Crippen LogP contribution in [0.25, 0.3) is 10.9 Å². The molecule has 0 unspecified atom stereocenters. The van der Waals surface area contributed by atoms with E-state index >= 15 is 0 Å². The van der Waals surface area contributed by atoms with Crippen molar-refractivity contribution >= 4 is 16.9 Å². The normalized spacial score (nSPS) is 13.9. The maximum atomic E-state index is 12.4. The van der Waals surface area contributed by atoms with Crippen LogP contribution in [0, 0.1) is 6.92 Å². The van der Waals surface area contributed by atoms with Gasteiger partial charge < -0.3 is 19.7 Å². The molecule has 0 fully saturated rings. The highest BCUT2D eigenvalue weighted by Gasteiger charge is 2.23. The number of nitrogens with one attached hydrogen (secondary N) is 1. The van der Waals surface area contributed by atoms with Gasteiger partial charge in [0.15, 0.2) is 0 Å². The molecule has 0 saturated carbocycles. The summed E-state index contributed by atoms with van der Waals surface area (Å²) in [5, 5.41) is 14.7. The molecular weight excluding hydrogens is 400 g/mol. The zero-order valence-electron chi connectivity index (χ0n) is 19.0. The molecule has 5 nitrogen and oxygen atoms in total. The summed E-state index contributed by atoms with van der Waals surface area (Å²) < 4.78 is 7.36. The molecule has 168 valence electrons. The van der Waals surface area contributed by atoms with Crippen LogP contribution in [0.5, 0.6) is 5.75 Å². The largest absolute Gasteiger partial charge is 0.497 e. The molecule has 1 aromatic heterocycles. The lowest BCUT2D eigenvalue weighted by Gasteiger charge is -2.13. The summed E-state index contributed by atoms with van der Waals surface area (Å²) in [4.78, 5) is 12.4. The van der Waals surface area contributed by atoms with Crippen molar-refractivity contribution < 1.29 is 14.6 Å². The molecule has 32 heavy (non-hydrogen) atoms. The molecule has 4 rings (SSSR count). The number of fused-ring (bicyclic) bond motifs is 1. The molecule has 0 atom stereocenters. The number of benzene rings is 2. The Kier molecular flexibility index (Phi) is 6.96. The second-order valence-electron chi connectivity index (χ2n) is 8.56. The standard InChI is InChI=1S/C27H32N2O3/c1-19-8-6-7-11-21(19)18-29-25-16-22(32-2)12-13-23(25)24(26(29)27(30)31)17-28-15-14-20-9-4-3-5-10-20/h6-9,11-13,16,28H,3-5,10,14-15,17-18H2,1-2H3,(H,30,31). The number of rotatable bonds is 9. The molecule has 1 aliphatic rings. The summed E-state index contributed by atoms with van der Waals surface area (Å²) in [6, 6.07) is 13.9. The van der Waals surface area contributed by atoms with Crippen molar-refractivity contribution in [2.24, 2.45) is 0 Å². The monoisotopic (exact) mass is 432 g/mol. The quantitative estimate of drug-likeness (QED) is 0.337. The van der Waals surface area contributed by atoms with E-state index in [4.69, 9.17) is 4.74 Å². The molecule has 2 aromatic carbocycles. The predicted octanol–water partition coefficient (Wildman–Crippen LogP) is 5.68. The average molecular weight is 433 g/mol. The number of ether oxygens (including phenoxy) is 1. The van der Waals surface area contributed by atoms with Crippen molar-refractivity contribution in [3.63, 3.8) is 0 Å². The minimum absolute atomic E-state index is 0.348. The van der Waals surface area contributed by atoms with Gasteiger partial charge in [-0.25, -0.2) is 4.79 Å². The van der Waals surface area contributed by atoms with E-state index in [1.807, 2.05) is 34.9 Å². The summed E-state index contributed by atoms with van der Waals surface area (Å²) in [5.74, 6) is -0.178. The number of carbonyl (C=O) groups is 1. The Morgan fingerprint density at radius 3 is 2.75 bits per heavy atom. The molecular formula is C27H32N2O3. The van der Waals surface area contributed by atoms with Crippen molar-refractivity contribution in [2.75, 3.05) is 13.7 Å². The lowest BCUT2D eigenvalue weighted by atomic mass is 9.97. The highest BCUT2D eigenvalue weighted by Crippen LogP contribution is 2.31. The fourth-order valence-electron chi connectivity index (χ4n) is 4.67. The van der Waals surface area contributed by atoms with E-state index in [2.05, 4.69) is 30.4 Å². The summed E-state index contributed by atoms with van der Waals surface area (Å²) in [5.41, 5.74) is 5.85. The van der Waals surface area contributed by atoms with Gasteiger partial charge >= 0.3 is 5.97 Å². The summed E-state index contributed by atoms with van der Waals surface area (Å²) in [6.07, 6.45) is 8.35. The number of carboxylic acid groups (broad SMARTS) is 1. The molecule has 0 saturated heterocycles. The SMILES string of the molecule is COc1ccc2c(CNCCC3=CCCCC3)c(C(=O)O)n(Cc3ccccc3C)c2c1. The molecule has 0 bridgehead atoms. The third kappa shape index (κ3) is 4.73. The first-order valence-corrected chi connectivity index (χ1v) is 11.4. The summed E-state index contributed by atoms with van der Waals surface area (Å²) in [6.45, 7) is 3.94. The Labute approximate surface area is 189 Å². The zero-order chi connectivity index (χ0) is 22.5. The summed E-state index contributed by atoms with van der Waals surface area (Å²) in [7, 11) is 1.64. The van der Waals surface area contributed by atoms with E-state index in [1.54, 1.807) is 7.11 Å². The predicted molar refractivity (Wildman–Crippen MR) is 129 cm³/mol. The number of aryl methyl sites for hydroxylation is 1. The number of methoxy groups -OCH3 is 1. The molecule has 0 spiro atoms. The number of carboxylic acids is 1. The van der Waals surface area contributed by atoms with Gasteiger partial charge in [0.1, 0.15) is 11.4 Å². The smallest absolute Gasteiger partial charge is 0.352 e. The number of hydrogen-bond donors (Lipinski definition) is 2. The average Bonchev–Trinajstić information content (AvgIpc) is 3.11. The van der Waals surface area contributed by atoms with Gasteiger partial charge in [-0.2, -0.15) is 0 Å². The second-order valence-corrected chi connectivity index (χ2v) is 8.56. The Hall–Kier alpha value is -3.05. The van der Waals surface area contributed by atoms with Crippen molar-refractivity contribution in [3.8, 4) is 5.75 Å². The van der Waals surface area contributed by atoms with E-state index in [-0.39, 0.29) is 0 Å². The van der Waals surface area contributed by atoms with Crippen LogP contribution in [-0.2, 0) is 13.1 Å². The van der Waals surface area contributed by atoms with Crippen molar-refractivity contribution in [2.45, 2.75) is 52.1 Å². The number of nitrogens with zero attached hydrogens (tertiary/aromatic N) is 1. The topological polar surface area (TPSA) is 63.5 Å². The molecule has 0 radical (unpaired) electrons. The number of aromatic nitrogens is 1. The van der Waals surface area contributed by atoms with Crippen LogP contribution in [0.15, 0.2) is 54.1 Å². The highest BCUT2D eigenvalue weighted by atomic mass is 16.5. The van der Waals surface area contributed by atoms with Crippen molar-refractivity contribution in [3.05, 3.63) is 76.5 Å². The molecule has 5 heteroatoms. The van der Waals surface area contributed by atoms with Gasteiger partial charge in [-0.05, 0) is 68.8 Å². The first-order valence-electron chi connectivity index (χ1n) is 11.4. The fourth-order valence-corrected chi connectivity index (χ4v) is 4.67. The molecule has 2 N–H and O–H groups in total. The Morgan fingerprint density at radius 1 is 1.19 bits per heavy atom. The Morgan fingerprint density at radius 2 is 2.03 bits per heavy atom. The molecule has 1 aliphatic carbocycles. The van der Waals surface area contributed by atoms with Crippen LogP contribution in [0.4, 0.5) is 0 Å². The van der Waals surface area contributed by atoms with Crippen LogP contribution in [0.3, 0.4) is 0 Å². The van der Waals surface area contributed by atoms with Gasteiger partial charge in [0.2, 0.25) is 0 Å². The minimum atomic E-state index is -0.902. The first kappa shape index (κ1) is 22.2. The van der Waals surface area contributed by atoms with Crippen LogP contribution in [0.1, 0.15) is 59.3 Å². The minimum Gasteiger partial charge on any atom is -0.497 e. The van der Waals surface area contributed by atoms with Gasteiger partial charge in [0, 0.05) is 30.1 Å². The van der Waals surface area contributed by atoms with Gasteiger partial charge in [0.25, 0.3) is 0 Å². The third-order valence-electron chi connectivity index (χ3n) is 6.48. The highest BCUT2D eigenvalue weighted by molar-refractivity contribution is 5.98. The summed E-state index contributed by atoms with van der Waals surface area (Å²) >= 11 is 0. The maximum Gasteiger partial charge on any atom is 0.352 e. The van der Waals surface area contributed by atoms with E-state index in [0.29, 0.717) is 18.8 Å². The number of aromatic carboxylic acids is 1. The molecule has 3 aromatic rings. The van der Waals surface area contributed by atoms with Crippen LogP contribution in [0.2, 0.25) is 0 Å². The van der Waals surface area contributed by atoms with E-state index in [1.165, 1.54) is 31.3 Å². The van der Waals surface area contributed by atoms with Gasteiger partial charge in [0.05, 0.1) is 12.6 Å². The van der Waals surface area contributed by atoms with Gasteiger partial charge in [-0.15, -0.1) is 0 Å². The second kappa shape index (κ2) is 10.0. The molecule has 0 aliphatic heterocycles. The fraction of sp³-hybridized carbons (Fsp3) is 0.370. The van der Waals surface area contributed by atoms with E-state index in [0.717, 1.165) is 46.3 Å². The zero-order valence-corrected chi connectivity index (χ0v) is 19.0. The van der Waals surface area contributed by atoms with E-state index < -0.39 is 5.97 Å². The Bertz CT molecular complexity index is 1140. The Balaban J connectivity index is 1.67. The van der Waals surface area contributed by atoms with Crippen molar-refractivity contribution in [1.29, 1.82) is 0 Å². The molecule has 0 amide bonds. The number of allylic oxidation sites excluding steroid dienone is 1. The van der Waals surface area contributed by atoms with Crippen molar-refractivity contribution in [1.82, 2.24) is 9.88 Å². The number of hydrogen-bond acceptors (Lipinski definition) is 3. The lowest BCUT2D eigenvalue weighted by Crippen LogP contribution is -2.19.